The molecular formula is C23H24F3N5O. The number of carbonyl (C=O) groups excluding carboxylic acids is 1. The van der Waals surface area contributed by atoms with Crippen LogP contribution in [0, 0.1) is 17.5 Å². The van der Waals surface area contributed by atoms with E-state index in [4.69, 9.17) is 0 Å². The van der Waals surface area contributed by atoms with Crippen molar-refractivity contribution in [2.24, 2.45) is 0 Å². The molecule has 1 amide bonds. The van der Waals surface area contributed by atoms with E-state index in [-0.39, 0.29) is 12.1 Å². The minimum atomic E-state index is -1.32. The molecule has 6 nitrogen and oxygen atoms in total. The maximum Gasteiger partial charge on any atom is 0.254 e. The largest absolute Gasteiger partial charge is 0.362 e. The first-order valence-electron chi connectivity index (χ1n) is 10.5. The van der Waals surface area contributed by atoms with Gasteiger partial charge in [-0.3, -0.25) is 4.79 Å². The summed E-state index contributed by atoms with van der Waals surface area (Å²) in [6.45, 7) is 0. The van der Waals surface area contributed by atoms with Gasteiger partial charge in [0.05, 0.1) is 11.1 Å². The lowest BCUT2D eigenvalue weighted by atomic mass is 9.91. The summed E-state index contributed by atoms with van der Waals surface area (Å²) in [5.74, 6) is -3.03. The number of rotatable bonds is 5. The highest BCUT2D eigenvalue weighted by Crippen LogP contribution is 2.26. The predicted octanol–water partition coefficient (Wildman–Crippen LogP) is 4.27. The Labute approximate surface area is 183 Å². The highest BCUT2D eigenvalue weighted by Gasteiger charge is 2.25. The maximum absolute atomic E-state index is 13.8. The zero-order chi connectivity index (χ0) is 22.8. The van der Waals surface area contributed by atoms with Crippen molar-refractivity contribution in [3.05, 3.63) is 59.4 Å². The van der Waals surface area contributed by atoms with E-state index < -0.39 is 28.9 Å². The fourth-order valence-electron chi connectivity index (χ4n) is 3.99. The molecule has 0 aliphatic heterocycles. The molecule has 1 heterocycles. The van der Waals surface area contributed by atoms with Crippen LogP contribution in [0.25, 0.3) is 10.9 Å². The van der Waals surface area contributed by atoms with Gasteiger partial charge in [0.25, 0.3) is 5.91 Å². The summed E-state index contributed by atoms with van der Waals surface area (Å²) in [5.41, 5.74) is 0.355. The quantitative estimate of drug-likeness (QED) is 0.577. The van der Waals surface area contributed by atoms with Crippen LogP contribution >= 0.6 is 0 Å². The minimum Gasteiger partial charge on any atom is -0.362 e. The Bertz CT molecular complexity index is 1150. The molecule has 2 N–H and O–H groups in total. The molecule has 1 aliphatic carbocycles. The van der Waals surface area contributed by atoms with Crippen molar-refractivity contribution in [2.45, 2.75) is 37.8 Å². The van der Waals surface area contributed by atoms with E-state index in [1.807, 2.05) is 43.3 Å². The standard InChI is InChI=1S/C23H24F3N5O/c1-31(2)21-15-5-3-4-6-20(15)29-23(30-21)28-14-9-7-13(8-10-14)27-22(32)16-11-18(25)19(26)12-17(16)24/h3-6,11-14H,7-10H2,1-2H3,(H,27,32)(H,28,29,30). The predicted molar refractivity (Wildman–Crippen MR) is 117 cm³/mol. The second-order valence-electron chi connectivity index (χ2n) is 8.19. The van der Waals surface area contributed by atoms with Gasteiger partial charge < -0.3 is 15.5 Å². The Balaban J connectivity index is 1.38. The molecule has 1 saturated carbocycles. The van der Waals surface area contributed by atoms with Gasteiger partial charge >= 0.3 is 0 Å². The van der Waals surface area contributed by atoms with Crippen LogP contribution in [0.2, 0.25) is 0 Å². The van der Waals surface area contributed by atoms with Gasteiger partial charge in [-0.25, -0.2) is 18.2 Å². The summed E-state index contributed by atoms with van der Waals surface area (Å²) in [6.07, 6.45) is 2.81. The molecule has 0 atom stereocenters. The van der Waals surface area contributed by atoms with Crippen LogP contribution in [0.5, 0.6) is 0 Å². The number of nitrogens with zero attached hydrogens (tertiary/aromatic N) is 3. The van der Waals surface area contributed by atoms with Crippen LogP contribution in [0.1, 0.15) is 36.0 Å². The number of hydrogen-bond donors (Lipinski definition) is 2. The van der Waals surface area contributed by atoms with Crippen molar-refractivity contribution < 1.29 is 18.0 Å². The third-order valence-corrected chi connectivity index (χ3v) is 5.66. The molecule has 2 aromatic carbocycles. The normalized spacial score (nSPS) is 18.4. The summed E-state index contributed by atoms with van der Waals surface area (Å²) in [5, 5.41) is 7.08. The first-order valence-corrected chi connectivity index (χ1v) is 10.5. The van der Waals surface area contributed by atoms with Crippen molar-refractivity contribution >= 4 is 28.6 Å². The van der Waals surface area contributed by atoms with Gasteiger partial charge in [0.15, 0.2) is 11.6 Å². The third-order valence-electron chi connectivity index (χ3n) is 5.66. The van der Waals surface area contributed by atoms with Crippen molar-refractivity contribution in [1.82, 2.24) is 15.3 Å². The first kappa shape index (κ1) is 21.9. The molecule has 32 heavy (non-hydrogen) atoms. The van der Waals surface area contributed by atoms with Gasteiger partial charge in [-0.2, -0.15) is 4.98 Å². The van der Waals surface area contributed by atoms with E-state index in [9.17, 15) is 18.0 Å². The van der Waals surface area contributed by atoms with E-state index >= 15 is 0 Å². The summed E-state index contributed by atoms with van der Waals surface area (Å²) >= 11 is 0. The van der Waals surface area contributed by atoms with Crippen molar-refractivity contribution in [3.63, 3.8) is 0 Å². The lowest BCUT2D eigenvalue weighted by Gasteiger charge is -2.30. The molecular weight excluding hydrogens is 419 g/mol. The Morgan fingerprint density at radius 1 is 0.938 bits per heavy atom. The van der Waals surface area contributed by atoms with Crippen LogP contribution in [0.15, 0.2) is 36.4 Å². The number of fused-ring (bicyclic) bond motifs is 1. The fourth-order valence-corrected chi connectivity index (χ4v) is 3.99. The van der Waals surface area contributed by atoms with E-state index in [1.54, 1.807) is 0 Å². The second kappa shape index (κ2) is 9.02. The van der Waals surface area contributed by atoms with Gasteiger partial charge in [0.2, 0.25) is 5.95 Å². The lowest BCUT2D eigenvalue weighted by Crippen LogP contribution is -2.40. The number of hydrogen-bond acceptors (Lipinski definition) is 5. The van der Waals surface area contributed by atoms with Crippen LogP contribution < -0.4 is 15.5 Å². The molecule has 0 bridgehead atoms. The van der Waals surface area contributed by atoms with Gasteiger partial charge in [-0.05, 0) is 43.9 Å². The molecule has 1 aliphatic rings. The Morgan fingerprint density at radius 3 is 2.31 bits per heavy atom. The van der Waals surface area contributed by atoms with E-state index in [1.165, 1.54) is 0 Å². The smallest absolute Gasteiger partial charge is 0.254 e. The van der Waals surface area contributed by atoms with Crippen LogP contribution in [0.3, 0.4) is 0 Å². The van der Waals surface area contributed by atoms with E-state index in [0.29, 0.717) is 30.9 Å². The summed E-state index contributed by atoms with van der Waals surface area (Å²) in [4.78, 5) is 23.5. The SMILES string of the molecule is CN(C)c1nc(NC2CCC(NC(=O)c3cc(F)c(F)cc3F)CC2)nc2ccccc12. The molecule has 0 unspecified atom stereocenters. The molecule has 0 spiro atoms. The number of carbonyl (C=O) groups is 1. The highest BCUT2D eigenvalue weighted by molar-refractivity contribution is 5.94. The zero-order valence-electron chi connectivity index (χ0n) is 17.8. The summed E-state index contributed by atoms with van der Waals surface area (Å²) < 4.78 is 40.3. The molecule has 0 saturated heterocycles. The van der Waals surface area contributed by atoms with Gasteiger partial charge in [-0.1, -0.05) is 12.1 Å². The molecule has 0 radical (unpaired) electrons. The number of amides is 1. The van der Waals surface area contributed by atoms with Crippen LogP contribution in [-0.2, 0) is 0 Å². The molecule has 1 fully saturated rings. The van der Waals surface area contributed by atoms with Crippen molar-refractivity contribution in [2.75, 3.05) is 24.3 Å². The summed E-state index contributed by atoms with van der Waals surface area (Å²) in [7, 11) is 3.87. The number of aromatic nitrogens is 2. The number of nitrogens with one attached hydrogen (secondary N) is 2. The highest BCUT2D eigenvalue weighted by atomic mass is 19.2. The first-order chi connectivity index (χ1) is 15.3. The Morgan fingerprint density at radius 2 is 1.59 bits per heavy atom. The average molecular weight is 443 g/mol. The van der Waals surface area contributed by atoms with Crippen molar-refractivity contribution in [1.29, 1.82) is 0 Å². The van der Waals surface area contributed by atoms with E-state index in [0.717, 1.165) is 29.6 Å². The summed E-state index contributed by atoms with van der Waals surface area (Å²) in [6, 6.07) is 8.73. The molecule has 4 rings (SSSR count). The molecule has 1 aromatic heterocycles. The Hall–Kier alpha value is -3.36. The fraction of sp³-hybridized carbons (Fsp3) is 0.348. The van der Waals surface area contributed by atoms with Gasteiger partial charge in [-0.15, -0.1) is 0 Å². The van der Waals surface area contributed by atoms with E-state index in [2.05, 4.69) is 20.6 Å². The Kier molecular flexibility index (Phi) is 6.16. The second-order valence-corrected chi connectivity index (χ2v) is 8.19. The molecule has 168 valence electrons. The van der Waals surface area contributed by atoms with Crippen LogP contribution in [-0.4, -0.2) is 42.1 Å². The molecule has 9 heteroatoms. The third kappa shape index (κ3) is 4.61. The number of para-hydroxylation sites is 1. The minimum absolute atomic E-state index is 0.124. The zero-order valence-corrected chi connectivity index (χ0v) is 17.8. The van der Waals surface area contributed by atoms with Gasteiger partial charge in [0, 0.05) is 37.6 Å². The number of halogens is 3. The number of benzene rings is 2. The van der Waals surface area contributed by atoms with Gasteiger partial charge in [0.1, 0.15) is 11.6 Å². The topological polar surface area (TPSA) is 70.2 Å². The van der Waals surface area contributed by atoms with Crippen LogP contribution in [0.4, 0.5) is 24.9 Å². The lowest BCUT2D eigenvalue weighted by molar-refractivity contribution is 0.0921. The van der Waals surface area contributed by atoms with Crippen molar-refractivity contribution in [3.8, 4) is 0 Å². The average Bonchev–Trinajstić information content (AvgIpc) is 2.77. The molecule has 3 aromatic rings. The number of anilines is 2. The monoisotopic (exact) mass is 443 g/mol. The maximum atomic E-state index is 13.8.